The van der Waals surface area contributed by atoms with Crippen LogP contribution in [-0.4, -0.2) is 4.57 Å². The Bertz CT molecular complexity index is 1190. The summed E-state index contributed by atoms with van der Waals surface area (Å²) in [6.07, 6.45) is 0. The van der Waals surface area contributed by atoms with Crippen LogP contribution in [0.4, 0.5) is 4.39 Å². The second-order valence-electron chi connectivity index (χ2n) is 6.10. The van der Waals surface area contributed by atoms with Crippen molar-refractivity contribution in [2.75, 3.05) is 0 Å². The third-order valence-electron chi connectivity index (χ3n) is 4.65. The maximum absolute atomic E-state index is 13.8. The van der Waals surface area contributed by atoms with Crippen LogP contribution < -0.4 is 16.0 Å². The number of nitrogens with zero attached hydrogens (tertiary/aromatic N) is 2. The van der Waals surface area contributed by atoms with Crippen molar-refractivity contribution >= 4 is 10.9 Å². The highest BCUT2D eigenvalue weighted by Gasteiger charge is 2.35. The topological polar surface area (TPSA) is 81.0 Å². The van der Waals surface area contributed by atoms with Crippen LogP contribution in [0, 0.1) is 17.1 Å². The number of aryl methyl sites for hydroxylation is 1. The highest BCUT2D eigenvalue weighted by atomic mass is 19.1. The van der Waals surface area contributed by atoms with Gasteiger partial charge in [0.05, 0.1) is 17.0 Å². The minimum Gasteiger partial charge on any atom is -0.439 e. The Balaban J connectivity index is 2.14. The first-order valence-corrected chi connectivity index (χ1v) is 7.97. The van der Waals surface area contributed by atoms with E-state index in [1.807, 2.05) is 24.3 Å². The summed E-state index contributed by atoms with van der Waals surface area (Å²) in [4.78, 5) is 13.1. The van der Waals surface area contributed by atoms with E-state index in [2.05, 4.69) is 0 Å². The quantitative estimate of drug-likeness (QED) is 0.734. The molecule has 4 rings (SSSR count). The van der Waals surface area contributed by atoms with Crippen molar-refractivity contribution in [1.82, 2.24) is 4.57 Å². The van der Waals surface area contributed by atoms with Gasteiger partial charge in [0, 0.05) is 12.4 Å². The predicted molar refractivity (Wildman–Crippen MR) is 94.9 cm³/mol. The molecule has 1 atom stereocenters. The van der Waals surface area contributed by atoms with Gasteiger partial charge in [0.1, 0.15) is 23.2 Å². The Kier molecular flexibility index (Phi) is 3.51. The number of nitrogens with two attached hydrogens (primary N) is 1. The van der Waals surface area contributed by atoms with E-state index in [1.165, 1.54) is 22.8 Å². The SMILES string of the molecule is Cn1c(=O)c2c(c3ccccc31)OC(N)=C(C#N)[C@H]2c1cccc(F)c1. The summed E-state index contributed by atoms with van der Waals surface area (Å²) in [6, 6.07) is 15.1. The molecule has 0 fully saturated rings. The molecule has 5 nitrogen and oxygen atoms in total. The molecule has 3 aromatic rings. The number of halogens is 1. The van der Waals surface area contributed by atoms with Gasteiger partial charge in [-0.15, -0.1) is 0 Å². The Hall–Kier alpha value is -3.59. The summed E-state index contributed by atoms with van der Waals surface area (Å²) in [7, 11) is 1.65. The maximum atomic E-state index is 13.8. The van der Waals surface area contributed by atoms with E-state index < -0.39 is 11.7 Å². The van der Waals surface area contributed by atoms with Crippen LogP contribution in [-0.2, 0) is 7.05 Å². The van der Waals surface area contributed by atoms with E-state index in [9.17, 15) is 14.4 Å². The standard InChI is InChI=1S/C20H14FN3O2/c1-24-15-8-3-2-7-13(15)18-17(20(24)25)16(14(10-22)19(23)26-18)11-5-4-6-12(21)9-11/h2-9,16H,23H2,1H3/t16-/m1/s1. The number of para-hydroxylation sites is 1. The number of fused-ring (bicyclic) bond motifs is 3. The third-order valence-corrected chi connectivity index (χ3v) is 4.65. The summed E-state index contributed by atoms with van der Waals surface area (Å²) < 4.78 is 21.0. The van der Waals surface area contributed by atoms with Gasteiger partial charge in [0.25, 0.3) is 5.56 Å². The smallest absolute Gasteiger partial charge is 0.258 e. The first-order valence-electron chi connectivity index (χ1n) is 7.97. The number of allylic oxidation sites excluding steroid dienone is 1. The number of nitriles is 1. The molecule has 2 aromatic carbocycles. The van der Waals surface area contributed by atoms with Crippen molar-refractivity contribution in [1.29, 1.82) is 5.26 Å². The van der Waals surface area contributed by atoms with Crippen LogP contribution in [0.5, 0.6) is 5.75 Å². The molecule has 1 aliphatic heterocycles. The van der Waals surface area contributed by atoms with Crippen LogP contribution >= 0.6 is 0 Å². The first-order chi connectivity index (χ1) is 12.5. The van der Waals surface area contributed by atoms with Crippen molar-refractivity contribution in [2.24, 2.45) is 12.8 Å². The molecule has 6 heteroatoms. The zero-order valence-corrected chi connectivity index (χ0v) is 13.9. The number of hydrogen-bond acceptors (Lipinski definition) is 4. The van der Waals surface area contributed by atoms with Gasteiger partial charge in [0.15, 0.2) is 0 Å². The Labute approximate surface area is 148 Å². The summed E-state index contributed by atoms with van der Waals surface area (Å²) in [5, 5.41) is 10.3. The average molecular weight is 347 g/mol. The lowest BCUT2D eigenvalue weighted by molar-refractivity contribution is 0.395. The fourth-order valence-electron chi connectivity index (χ4n) is 3.45. The molecule has 2 heterocycles. The lowest BCUT2D eigenvalue weighted by Gasteiger charge is -2.27. The van der Waals surface area contributed by atoms with Crippen molar-refractivity contribution in [3.05, 3.63) is 87.3 Å². The molecule has 0 bridgehead atoms. The minimum absolute atomic E-state index is 0.0762. The molecule has 26 heavy (non-hydrogen) atoms. The molecule has 0 spiro atoms. The molecular formula is C20H14FN3O2. The number of hydrogen-bond donors (Lipinski definition) is 1. The van der Waals surface area contributed by atoms with E-state index in [0.717, 1.165) is 0 Å². The zero-order valence-electron chi connectivity index (χ0n) is 13.9. The van der Waals surface area contributed by atoms with E-state index in [1.54, 1.807) is 19.2 Å². The van der Waals surface area contributed by atoms with E-state index in [0.29, 0.717) is 22.2 Å². The molecule has 0 radical (unpaired) electrons. The van der Waals surface area contributed by atoms with Crippen molar-refractivity contribution in [3.8, 4) is 11.8 Å². The number of rotatable bonds is 1. The molecule has 0 unspecified atom stereocenters. The van der Waals surface area contributed by atoms with Crippen LogP contribution in [0.15, 0.2) is 64.8 Å². The van der Waals surface area contributed by atoms with Crippen molar-refractivity contribution in [3.63, 3.8) is 0 Å². The van der Waals surface area contributed by atoms with Gasteiger partial charge in [-0.05, 0) is 29.8 Å². The average Bonchev–Trinajstić information content (AvgIpc) is 2.65. The van der Waals surface area contributed by atoms with Gasteiger partial charge in [-0.2, -0.15) is 5.26 Å². The lowest BCUT2D eigenvalue weighted by Crippen LogP contribution is -2.31. The van der Waals surface area contributed by atoms with Gasteiger partial charge >= 0.3 is 0 Å². The fourth-order valence-corrected chi connectivity index (χ4v) is 3.45. The number of ether oxygens (including phenoxy) is 1. The molecule has 2 N–H and O–H groups in total. The molecule has 0 aliphatic carbocycles. The number of aromatic nitrogens is 1. The normalized spacial score (nSPS) is 16.1. The monoisotopic (exact) mass is 347 g/mol. The number of benzene rings is 2. The predicted octanol–water partition coefficient (Wildman–Crippen LogP) is 2.90. The Morgan fingerprint density at radius 2 is 2.00 bits per heavy atom. The minimum atomic E-state index is -0.789. The zero-order chi connectivity index (χ0) is 18.4. The molecule has 1 aromatic heterocycles. The summed E-state index contributed by atoms with van der Waals surface area (Å²) in [5.74, 6) is -1.01. The van der Waals surface area contributed by atoms with E-state index in [4.69, 9.17) is 10.5 Å². The third kappa shape index (κ3) is 2.18. The first kappa shape index (κ1) is 15.9. The highest BCUT2D eigenvalue weighted by Crippen LogP contribution is 2.43. The van der Waals surface area contributed by atoms with Gasteiger partial charge in [-0.3, -0.25) is 4.79 Å². The molecule has 0 saturated heterocycles. The van der Waals surface area contributed by atoms with Crippen LogP contribution in [0.25, 0.3) is 10.9 Å². The van der Waals surface area contributed by atoms with Crippen LogP contribution in [0.1, 0.15) is 17.0 Å². The molecule has 128 valence electrons. The second-order valence-corrected chi connectivity index (χ2v) is 6.10. The lowest BCUT2D eigenvalue weighted by atomic mass is 9.83. The molecular weight excluding hydrogens is 333 g/mol. The van der Waals surface area contributed by atoms with Crippen LogP contribution in [0.2, 0.25) is 0 Å². The fraction of sp³-hybridized carbons (Fsp3) is 0.100. The van der Waals surface area contributed by atoms with Crippen molar-refractivity contribution < 1.29 is 9.13 Å². The van der Waals surface area contributed by atoms with Gasteiger partial charge in [0.2, 0.25) is 5.88 Å². The number of pyridine rings is 1. The van der Waals surface area contributed by atoms with Gasteiger partial charge < -0.3 is 15.0 Å². The second kappa shape index (κ2) is 5.74. The Morgan fingerprint density at radius 1 is 1.23 bits per heavy atom. The molecule has 0 amide bonds. The Morgan fingerprint density at radius 3 is 2.73 bits per heavy atom. The van der Waals surface area contributed by atoms with E-state index in [-0.39, 0.29) is 22.6 Å². The van der Waals surface area contributed by atoms with Crippen molar-refractivity contribution in [2.45, 2.75) is 5.92 Å². The molecule has 0 saturated carbocycles. The summed E-state index contributed by atoms with van der Waals surface area (Å²) in [5.41, 5.74) is 7.20. The van der Waals surface area contributed by atoms with E-state index >= 15 is 0 Å². The maximum Gasteiger partial charge on any atom is 0.258 e. The molecule has 1 aliphatic rings. The van der Waals surface area contributed by atoms with Gasteiger partial charge in [-0.25, -0.2) is 4.39 Å². The van der Waals surface area contributed by atoms with Gasteiger partial charge in [-0.1, -0.05) is 24.3 Å². The highest BCUT2D eigenvalue weighted by molar-refractivity contribution is 5.88. The largest absolute Gasteiger partial charge is 0.439 e. The summed E-state index contributed by atoms with van der Waals surface area (Å²) in [6.45, 7) is 0. The van der Waals surface area contributed by atoms with Crippen LogP contribution in [0.3, 0.4) is 0 Å². The summed E-state index contributed by atoms with van der Waals surface area (Å²) >= 11 is 0.